The van der Waals surface area contributed by atoms with E-state index in [1.165, 1.54) is 49.3 Å². The topological polar surface area (TPSA) is 25.4 Å². The first-order valence-corrected chi connectivity index (χ1v) is 8.52. The van der Waals surface area contributed by atoms with Crippen LogP contribution in [-0.2, 0) is 0 Å². The van der Waals surface area contributed by atoms with Gasteiger partial charge in [0.15, 0.2) is 0 Å². The van der Waals surface area contributed by atoms with Gasteiger partial charge in [-0.3, -0.25) is 4.98 Å². The van der Waals surface area contributed by atoms with Crippen LogP contribution in [-0.4, -0.2) is 35.1 Å². The van der Waals surface area contributed by atoms with Gasteiger partial charge in [0.25, 0.3) is 0 Å². The minimum atomic E-state index is 0.378. The standard InChI is InChI=1S/C19H24N2O/c1-21(16-3-4-16)17-5-8-18(9-6-17)22-19-7-2-15-13-20-11-10-14(15)12-19/h2,7,10-13,16-18H,3-6,8-9H2,1H3/t17-,18-. The van der Waals surface area contributed by atoms with Crippen molar-refractivity contribution in [3.63, 3.8) is 0 Å². The zero-order valence-electron chi connectivity index (χ0n) is 13.2. The van der Waals surface area contributed by atoms with Crippen molar-refractivity contribution in [1.29, 1.82) is 0 Å². The first-order valence-electron chi connectivity index (χ1n) is 8.52. The molecule has 2 aliphatic rings. The van der Waals surface area contributed by atoms with Crippen LogP contribution in [0.4, 0.5) is 0 Å². The molecule has 2 fully saturated rings. The Labute approximate surface area is 132 Å². The summed E-state index contributed by atoms with van der Waals surface area (Å²) in [6, 6.07) is 10.0. The van der Waals surface area contributed by atoms with Crippen LogP contribution in [0.15, 0.2) is 36.7 Å². The summed E-state index contributed by atoms with van der Waals surface area (Å²) in [6.45, 7) is 0. The van der Waals surface area contributed by atoms with E-state index in [2.05, 4.69) is 35.1 Å². The molecule has 3 heteroatoms. The molecule has 0 radical (unpaired) electrons. The maximum Gasteiger partial charge on any atom is 0.120 e. The van der Waals surface area contributed by atoms with Gasteiger partial charge in [-0.05, 0) is 75.2 Å². The van der Waals surface area contributed by atoms with Gasteiger partial charge in [0, 0.05) is 29.9 Å². The van der Waals surface area contributed by atoms with Crippen LogP contribution in [0, 0.1) is 0 Å². The zero-order chi connectivity index (χ0) is 14.9. The second-order valence-electron chi connectivity index (χ2n) is 6.83. The molecule has 2 aliphatic carbocycles. The Kier molecular flexibility index (Phi) is 3.75. The zero-order valence-corrected chi connectivity index (χ0v) is 13.2. The Morgan fingerprint density at radius 1 is 0.955 bits per heavy atom. The van der Waals surface area contributed by atoms with Gasteiger partial charge in [0.1, 0.15) is 5.75 Å². The van der Waals surface area contributed by atoms with Gasteiger partial charge in [-0.25, -0.2) is 0 Å². The van der Waals surface area contributed by atoms with Crippen molar-refractivity contribution in [1.82, 2.24) is 9.88 Å². The Balaban J connectivity index is 1.37. The van der Waals surface area contributed by atoms with Crippen LogP contribution in [0.3, 0.4) is 0 Å². The van der Waals surface area contributed by atoms with Crippen molar-refractivity contribution < 1.29 is 4.74 Å². The summed E-state index contributed by atoms with van der Waals surface area (Å²) < 4.78 is 6.23. The maximum atomic E-state index is 6.23. The molecule has 0 atom stereocenters. The minimum absolute atomic E-state index is 0.378. The number of pyridine rings is 1. The highest BCUT2D eigenvalue weighted by atomic mass is 16.5. The fourth-order valence-corrected chi connectivity index (χ4v) is 3.68. The molecular weight excluding hydrogens is 272 g/mol. The van der Waals surface area contributed by atoms with Crippen LogP contribution in [0.1, 0.15) is 38.5 Å². The molecule has 1 aromatic heterocycles. The van der Waals surface area contributed by atoms with Crippen LogP contribution in [0.5, 0.6) is 5.75 Å². The van der Waals surface area contributed by atoms with E-state index in [0.29, 0.717) is 6.10 Å². The van der Waals surface area contributed by atoms with E-state index in [9.17, 15) is 0 Å². The van der Waals surface area contributed by atoms with Crippen molar-refractivity contribution in [2.24, 2.45) is 0 Å². The van der Waals surface area contributed by atoms with Crippen molar-refractivity contribution in [3.05, 3.63) is 36.7 Å². The lowest BCUT2D eigenvalue weighted by molar-refractivity contribution is 0.0976. The Morgan fingerprint density at radius 2 is 1.68 bits per heavy atom. The monoisotopic (exact) mass is 296 g/mol. The quantitative estimate of drug-likeness (QED) is 0.852. The van der Waals surface area contributed by atoms with E-state index in [1.54, 1.807) is 0 Å². The number of aromatic nitrogens is 1. The highest BCUT2D eigenvalue weighted by Crippen LogP contribution is 2.33. The van der Waals surface area contributed by atoms with Gasteiger partial charge in [-0.15, -0.1) is 0 Å². The third-order valence-corrected chi connectivity index (χ3v) is 5.26. The average molecular weight is 296 g/mol. The highest BCUT2D eigenvalue weighted by Gasteiger charge is 2.33. The molecule has 116 valence electrons. The number of hydrogen-bond acceptors (Lipinski definition) is 3. The van der Waals surface area contributed by atoms with Crippen LogP contribution < -0.4 is 4.74 Å². The Hall–Kier alpha value is -1.61. The van der Waals surface area contributed by atoms with E-state index >= 15 is 0 Å². The number of fused-ring (bicyclic) bond motifs is 1. The SMILES string of the molecule is CN(C1CC1)[C@H]1CC[C@H](Oc2ccc3cnccc3c2)CC1. The molecule has 0 aliphatic heterocycles. The summed E-state index contributed by atoms with van der Waals surface area (Å²) in [7, 11) is 2.31. The van der Waals surface area contributed by atoms with Crippen LogP contribution >= 0.6 is 0 Å². The Bertz CT molecular complexity index is 645. The summed E-state index contributed by atoms with van der Waals surface area (Å²) in [5, 5.41) is 2.37. The molecule has 3 nitrogen and oxygen atoms in total. The summed E-state index contributed by atoms with van der Waals surface area (Å²) in [4.78, 5) is 6.77. The minimum Gasteiger partial charge on any atom is -0.490 e. The fourth-order valence-electron chi connectivity index (χ4n) is 3.68. The fraction of sp³-hybridized carbons (Fsp3) is 0.526. The molecule has 0 amide bonds. The van der Waals surface area contributed by atoms with Crippen molar-refractivity contribution in [2.75, 3.05) is 7.05 Å². The van der Waals surface area contributed by atoms with E-state index in [0.717, 1.165) is 17.8 Å². The Morgan fingerprint density at radius 3 is 2.41 bits per heavy atom. The number of benzene rings is 1. The molecule has 0 saturated heterocycles. The second-order valence-corrected chi connectivity index (χ2v) is 6.83. The third kappa shape index (κ3) is 2.95. The predicted octanol–water partition coefficient (Wildman–Crippen LogP) is 4.02. The van der Waals surface area contributed by atoms with Gasteiger partial charge in [-0.1, -0.05) is 0 Å². The van der Waals surface area contributed by atoms with Crippen molar-refractivity contribution >= 4 is 10.8 Å². The molecule has 2 saturated carbocycles. The maximum absolute atomic E-state index is 6.23. The molecule has 0 spiro atoms. The molecule has 22 heavy (non-hydrogen) atoms. The molecule has 4 rings (SSSR count). The third-order valence-electron chi connectivity index (χ3n) is 5.26. The van der Waals surface area contributed by atoms with Gasteiger partial charge in [-0.2, -0.15) is 0 Å². The molecule has 1 aromatic carbocycles. The number of hydrogen-bond donors (Lipinski definition) is 0. The van der Waals surface area contributed by atoms with Crippen molar-refractivity contribution in [2.45, 2.75) is 56.7 Å². The lowest BCUT2D eigenvalue weighted by Crippen LogP contribution is -2.38. The van der Waals surface area contributed by atoms with Gasteiger partial charge in [0.2, 0.25) is 0 Å². The molecule has 0 unspecified atom stereocenters. The molecular formula is C19H24N2O. The lowest BCUT2D eigenvalue weighted by Gasteiger charge is -2.34. The molecule has 2 aromatic rings. The van der Waals surface area contributed by atoms with E-state index in [1.807, 2.05) is 18.5 Å². The lowest BCUT2D eigenvalue weighted by atomic mass is 9.92. The largest absolute Gasteiger partial charge is 0.490 e. The number of ether oxygens (including phenoxy) is 1. The van der Waals surface area contributed by atoms with Gasteiger partial charge in [0.05, 0.1) is 6.10 Å². The summed E-state index contributed by atoms with van der Waals surface area (Å²) in [5.41, 5.74) is 0. The first-order chi connectivity index (χ1) is 10.8. The highest BCUT2D eigenvalue weighted by molar-refractivity contribution is 5.82. The molecule has 0 bridgehead atoms. The summed E-state index contributed by atoms with van der Waals surface area (Å²) in [5.74, 6) is 0.998. The van der Waals surface area contributed by atoms with Crippen LogP contribution in [0.2, 0.25) is 0 Å². The van der Waals surface area contributed by atoms with E-state index in [-0.39, 0.29) is 0 Å². The van der Waals surface area contributed by atoms with E-state index < -0.39 is 0 Å². The normalized spacial score (nSPS) is 25.5. The van der Waals surface area contributed by atoms with Gasteiger partial charge < -0.3 is 9.64 Å². The van der Waals surface area contributed by atoms with Crippen LogP contribution in [0.25, 0.3) is 10.8 Å². The number of nitrogens with zero attached hydrogens (tertiary/aromatic N) is 2. The smallest absolute Gasteiger partial charge is 0.120 e. The number of rotatable bonds is 4. The summed E-state index contributed by atoms with van der Waals surface area (Å²) >= 11 is 0. The summed E-state index contributed by atoms with van der Waals surface area (Å²) in [6.07, 6.45) is 11.8. The van der Waals surface area contributed by atoms with E-state index in [4.69, 9.17) is 4.74 Å². The average Bonchev–Trinajstić information content (AvgIpc) is 3.40. The molecule has 0 N–H and O–H groups in total. The first kappa shape index (κ1) is 14.0. The molecule has 1 heterocycles. The van der Waals surface area contributed by atoms with Crippen molar-refractivity contribution in [3.8, 4) is 5.75 Å². The van der Waals surface area contributed by atoms with Gasteiger partial charge >= 0.3 is 0 Å². The second kappa shape index (κ2) is 5.88. The predicted molar refractivity (Wildman–Crippen MR) is 89.2 cm³/mol.